The van der Waals surface area contributed by atoms with Gasteiger partial charge in [-0.05, 0) is 31.4 Å². The number of aryl methyl sites for hydroxylation is 2. The van der Waals surface area contributed by atoms with Crippen LogP contribution in [0.2, 0.25) is 5.02 Å². The highest BCUT2D eigenvalue weighted by atomic mass is 127. The second-order valence-electron chi connectivity index (χ2n) is 5.48. The second kappa shape index (κ2) is 11.7. The molecule has 0 aliphatic heterocycles. The van der Waals surface area contributed by atoms with Crippen LogP contribution in [-0.4, -0.2) is 31.1 Å². The van der Waals surface area contributed by atoms with Crippen molar-refractivity contribution in [3.63, 3.8) is 0 Å². The zero-order valence-corrected chi connectivity index (χ0v) is 18.8. The molecule has 0 fully saturated rings. The van der Waals surface area contributed by atoms with Gasteiger partial charge in [-0.2, -0.15) is 0 Å². The summed E-state index contributed by atoms with van der Waals surface area (Å²) in [6, 6.07) is 7.93. The fourth-order valence-corrected chi connectivity index (χ4v) is 3.70. The van der Waals surface area contributed by atoms with Gasteiger partial charge in [-0.15, -0.1) is 35.3 Å². The van der Waals surface area contributed by atoms with Crippen molar-refractivity contribution in [1.29, 1.82) is 0 Å². The molecular weight excluding hydrogens is 467 g/mol. The number of halogens is 2. The molecule has 138 valence electrons. The molecule has 2 rings (SSSR count). The smallest absolute Gasteiger partial charge is 0.191 e. The minimum Gasteiger partial charge on any atom is -0.356 e. The minimum absolute atomic E-state index is 0. The van der Waals surface area contributed by atoms with E-state index in [1.807, 2.05) is 18.2 Å². The van der Waals surface area contributed by atoms with Crippen LogP contribution in [0.1, 0.15) is 28.1 Å². The predicted molar refractivity (Wildman–Crippen MR) is 120 cm³/mol. The van der Waals surface area contributed by atoms with Crippen LogP contribution in [0, 0.1) is 6.92 Å². The Hall–Kier alpha value is -0.860. The van der Waals surface area contributed by atoms with Crippen molar-refractivity contribution >= 4 is 52.9 Å². The highest BCUT2D eigenvalue weighted by Gasteiger charge is 2.06. The van der Waals surface area contributed by atoms with E-state index >= 15 is 0 Å². The molecule has 1 aromatic carbocycles. The number of thiazole rings is 1. The maximum Gasteiger partial charge on any atom is 0.191 e. The van der Waals surface area contributed by atoms with E-state index in [2.05, 4.69) is 40.5 Å². The molecule has 0 saturated carbocycles. The van der Waals surface area contributed by atoms with Gasteiger partial charge in [0.2, 0.25) is 0 Å². The second-order valence-corrected chi connectivity index (χ2v) is 7.18. The maximum absolute atomic E-state index is 6.17. The molecule has 0 aliphatic rings. The maximum atomic E-state index is 6.17. The largest absolute Gasteiger partial charge is 0.356 e. The standard InChI is InChI=1S/C18H25ClN4S.HI/c1-4-16-13(2)24-17(23-16)10-12-22-18(20-3)21-11-9-14-7-5-6-8-15(14)19;/h5-8H,4,9-12H2,1-3H3,(H2,20,21,22);1H. The van der Waals surface area contributed by atoms with Crippen molar-refractivity contribution in [3.8, 4) is 0 Å². The van der Waals surface area contributed by atoms with E-state index in [9.17, 15) is 0 Å². The van der Waals surface area contributed by atoms with Crippen LogP contribution in [0.15, 0.2) is 29.3 Å². The summed E-state index contributed by atoms with van der Waals surface area (Å²) >= 11 is 7.96. The van der Waals surface area contributed by atoms with Gasteiger partial charge in [-0.3, -0.25) is 4.99 Å². The molecule has 4 nitrogen and oxygen atoms in total. The lowest BCUT2D eigenvalue weighted by molar-refractivity contribution is 0.780. The summed E-state index contributed by atoms with van der Waals surface area (Å²) in [6.07, 6.45) is 2.78. The first-order valence-corrected chi connectivity index (χ1v) is 9.46. The van der Waals surface area contributed by atoms with Crippen LogP contribution in [-0.2, 0) is 19.3 Å². The summed E-state index contributed by atoms with van der Waals surface area (Å²) < 4.78 is 0. The van der Waals surface area contributed by atoms with Crippen molar-refractivity contribution in [2.24, 2.45) is 4.99 Å². The van der Waals surface area contributed by atoms with Gasteiger partial charge in [0.15, 0.2) is 5.96 Å². The molecule has 0 unspecified atom stereocenters. The van der Waals surface area contributed by atoms with Crippen LogP contribution in [0.5, 0.6) is 0 Å². The van der Waals surface area contributed by atoms with Gasteiger partial charge in [0, 0.05) is 36.5 Å². The fraction of sp³-hybridized carbons (Fsp3) is 0.444. The predicted octanol–water partition coefficient (Wildman–Crippen LogP) is 4.24. The summed E-state index contributed by atoms with van der Waals surface area (Å²) in [5.74, 6) is 0.811. The molecule has 1 heterocycles. The van der Waals surface area contributed by atoms with Crippen LogP contribution >= 0.6 is 46.9 Å². The quantitative estimate of drug-likeness (QED) is 0.345. The third kappa shape index (κ3) is 7.11. The lowest BCUT2D eigenvalue weighted by atomic mass is 10.1. The Balaban J connectivity index is 0.00000312. The van der Waals surface area contributed by atoms with Gasteiger partial charge in [0.05, 0.1) is 10.7 Å². The number of guanidine groups is 1. The first-order chi connectivity index (χ1) is 11.6. The molecule has 0 saturated heterocycles. The monoisotopic (exact) mass is 492 g/mol. The van der Waals surface area contributed by atoms with Gasteiger partial charge in [0.1, 0.15) is 0 Å². The topological polar surface area (TPSA) is 49.3 Å². The molecule has 2 aromatic rings. The Bertz CT molecular complexity index is 687. The van der Waals surface area contributed by atoms with Crippen molar-refractivity contribution in [3.05, 3.63) is 50.4 Å². The van der Waals surface area contributed by atoms with Crippen LogP contribution < -0.4 is 10.6 Å². The first kappa shape index (κ1) is 22.2. The van der Waals surface area contributed by atoms with E-state index in [-0.39, 0.29) is 24.0 Å². The lowest BCUT2D eigenvalue weighted by Crippen LogP contribution is -2.39. The normalized spacial score (nSPS) is 11.1. The van der Waals surface area contributed by atoms with E-state index < -0.39 is 0 Å². The zero-order valence-electron chi connectivity index (χ0n) is 14.9. The summed E-state index contributed by atoms with van der Waals surface area (Å²) in [7, 11) is 1.79. The fourth-order valence-electron chi connectivity index (χ4n) is 2.45. The van der Waals surface area contributed by atoms with Crippen LogP contribution in [0.3, 0.4) is 0 Å². The number of aromatic nitrogens is 1. The van der Waals surface area contributed by atoms with Crippen molar-refractivity contribution in [2.75, 3.05) is 20.1 Å². The molecule has 0 aliphatic carbocycles. The molecule has 1 aromatic heterocycles. The number of aliphatic imine (C=N–C) groups is 1. The molecule has 7 heteroatoms. The van der Waals surface area contributed by atoms with E-state index in [0.717, 1.165) is 48.9 Å². The summed E-state index contributed by atoms with van der Waals surface area (Å²) in [4.78, 5) is 10.3. The first-order valence-electron chi connectivity index (χ1n) is 8.27. The van der Waals surface area contributed by atoms with Crippen LogP contribution in [0.4, 0.5) is 0 Å². The Labute approximate surface area is 176 Å². The Morgan fingerprint density at radius 2 is 1.88 bits per heavy atom. The highest BCUT2D eigenvalue weighted by molar-refractivity contribution is 14.0. The Kier molecular flexibility index (Phi) is 10.4. The van der Waals surface area contributed by atoms with Crippen molar-refractivity contribution in [2.45, 2.75) is 33.1 Å². The van der Waals surface area contributed by atoms with Gasteiger partial charge >= 0.3 is 0 Å². The van der Waals surface area contributed by atoms with Crippen molar-refractivity contribution < 1.29 is 0 Å². The van der Waals surface area contributed by atoms with Crippen LogP contribution in [0.25, 0.3) is 0 Å². The molecule has 0 radical (unpaired) electrons. The molecule has 0 atom stereocenters. The van der Waals surface area contributed by atoms with Gasteiger partial charge < -0.3 is 10.6 Å². The zero-order chi connectivity index (χ0) is 17.4. The van der Waals surface area contributed by atoms with E-state index in [4.69, 9.17) is 11.6 Å². The SMILES string of the molecule is CCc1nc(CCNC(=NC)NCCc2ccccc2Cl)sc1C.I. The summed E-state index contributed by atoms with van der Waals surface area (Å²) in [5.41, 5.74) is 2.37. The molecule has 25 heavy (non-hydrogen) atoms. The van der Waals surface area contributed by atoms with Gasteiger partial charge in [-0.1, -0.05) is 36.7 Å². The minimum atomic E-state index is 0. The molecule has 0 spiro atoms. The van der Waals surface area contributed by atoms with E-state index in [1.165, 1.54) is 15.6 Å². The summed E-state index contributed by atoms with van der Waals surface area (Å²) in [6.45, 7) is 5.90. The average Bonchev–Trinajstić information content (AvgIpc) is 2.95. The number of rotatable bonds is 7. The van der Waals surface area contributed by atoms with Gasteiger partial charge in [-0.25, -0.2) is 4.98 Å². The van der Waals surface area contributed by atoms with Gasteiger partial charge in [0.25, 0.3) is 0 Å². The lowest BCUT2D eigenvalue weighted by Gasteiger charge is -2.11. The van der Waals surface area contributed by atoms with E-state index in [0.29, 0.717) is 0 Å². The number of nitrogens with one attached hydrogen (secondary N) is 2. The Morgan fingerprint density at radius 1 is 1.20 bits per heavy atom. The number of hydrogen-bond donors (Lipinski definition) is 2. The number of nitrogens with zero attached hydrogens (tertiary/aromatic N) is 2. The van der Waals surface area contributed by atoms with Crippen molar-refractivity contribution in [1.82, 2.24) is 15.6 Å². The third-order valence-corrected chi connectivity index (χ3v) is 5.21. The molecule has 0 amide bonds. The number of benzene rings is 1. The third-order valence-electron chi connectivity index (χ3n) is 3.77. The highest BCUT2D eigenvalue weighted by Crippen LogP contribution is 2.18. The molecule has 2 N–H and O–H groups in total. The Morgan fingerprint density at radius 3 is 2.48 bits per heavy atom. The average molecular weight is 493 g/mol. The molecule has 0 bridgehead atoms. The summed E-state index contributed by atoms with van der Waals surface area (Å²) in [5, 5.41) is 8.66. The van der Waals surface area contributed by atoms with E-state index in [1.54, 1.807) is 18.4 Å². The molecular formula is C18H26ClIN4S. The number of hydrogen-bond acceptors (Lipinski definition) is 3.